The van der Waals surface area contributed by atoms with Crippen molar-refractivity contribution in [2.75, 3.05) is 17.2 Å². The van der Waals surface area contributed by atoms with E-state index < -0.39 is 0 Å². The highest BCUT2D eigenvalue weighted by molar-refractivity contribution is 8.00. The lowest BCUT2D eigenvalue weighted by atomic mass is 10.0. The van der Waals surface area contributed by atoms with Crippen LogP contribution in [0.25, 0.3) is 0 Å². The Hall–Kier alpha value is -3.90. The zero-order chi connectivity index (χ0) is 28.8. The van der Waals surface area contributed by atoms with Crippen LogP contribution in [0, 0.1) is 18.3 Å². The molecule has 0 fully saturated rings. The fourth-order valence-electron chi connectivity index (χ4n) is 4.95. The molecule has 5 rings (SSSR count). The van der Waals surface area contributed by atoms with Crippen LogP contribution in [0.3, 0.4) is 0 Å². The standard InChI is InChI=1S/C33H32N4O2S2/c1-3-29(40-26-14-8-13-25(18-26)35-31(38)24-12-7-9-22(2)17-24)32(39)36-33-28(19-34)27-15-16-37(21-30(27)41-33)20-23-10-5-4-6-11-23/h4-14,17-18,29H,3,15-16,20-21H2,1-2H3,(H,35,38)(H,36,39). The van der Waals surface area contributed by atoms with Gasteiger partial charge in [-0.05, 0) is 61.2 Å². The number of hydrogen-bond acceptors (Lipinski definition) is 6. The van der Waals surface area contributed by atoms with E-state index in [4.69, 9.17) is 0 Å². The maximum Gasteiger partial charge on any atom is 0.255 e. The molecule has 0 saturated carbocycles. The van der Waals surface area contributed by atoms with Gasteiger partial charge in [0.05, 0.1) is 10.8 Å². The second-order valence-corrected chi connectivity index (χ2v) is 12.5. The number of carbonyl (C=O) groups is 2. The van der Waals surface area contributed by atoms with Gasteiger partial charge in [-0.1, -0.05) is 61.0 Å². The fraction of sp³-hybridized carbons (Fsp3) is 0.242. The van der Waals surface area contributed by atoms with E-state index in [1.165, 1.54) is 28.7 Å². The lowest BCUT2D eigenvalue weighted by molar-refractivity contribution is -0.115. The summed E-state index contributed by atoms with van der Waals surface area (Å²) >= 11 is 2.97. The zero-order valence-electron chi connectivity index (χ0n) is 23.1. The van der Waals surface area contributed by atoms with Crippen LogP contribution in [0.4, 0.5) is 10.7 Å². The van der Waals surface area contributed by atoms with Gasteiger partial charge in [-0.15, -0.1) is 23.1 Å². The molecule has 3 aromatic carbocycles. The number of fused-ring (bicyclic) bond motifs is 1. The first-order valence-corrected chi connectivity index (χ1v) is 15.4. The second-order valence-electron chi connectivity index (χ2n) is 10.1. The lowest BCUT2D eigenvalue weighted by Gasteiger charge is -2.26. The predicted octanol–water partition coefficient (Wildman–Crippen LogP) is 7.25. The summed E-state index contributed by atoms with van der Waals surface area (Å²) in [7, 11) is 0. The van der Waals surface area contributed by atoms with Crippen molar-refractivity contribution in [3.8, 4) is 6.07 Å². The first-order chi connectivity index (χ1) is 19.9. The Morgan fingerprint density at radius 2 is 1.85 bits per heavy atom. The lowest BCUT2D eigenvalue weighted by Crippen LogP contribution is -2.29. The highest BCUT2D eigenvalue weighted by Crippen LogP contribution is 2.38. The van der Waals surface area contributed by atoms with Crippen molar-refractivity contribution < 1.29 is 9.59 Å². The molecule has 41 heavy (non-hydrogen) atoms. The third kappa shape index (κ3) is 7.06. The third-order valence-corrected chi connectivity index (χ3v) is 9.54. The van der Waals surface area contributed by atoms with E-state index in [1.54, 1.807) is 6.07 Å². The van der Waals surface area contributed by atoms with Gasteiger partial charge < -0.3 is 10.6 Å². The van der Waals surface area contributed by atoms with Gasteiger partial charge in [0.1, 0.15) is 11.1 Å². The van der Waals surface area contributed by atoms with E-state index in [2.05, 4.69) is 45.9 Å². The first kappa shape index (κ1) is 28.6. The van der Waals surface area contributed by atoms with Crippen molar-refractivity contribution >= 4 is 45.6 Å². The molecule has 1 atom stereocenters. The monoisotopic (exact) mass is 580 g/mol. The summed E-state index contributed by atoms with van der Waals surface area (Å²) in [6, 6.07) is 27.7. The molecule has 0 bridgehead atoms. The number of amides is 2. The highest BCUT2D eigenvalue weighted by atomic mass is 32.2. The minimum absolute atomic E-state index is 0.122. The Morgan fingerprint density at radius 3 is 2.61 bits per heavy atom. The molecule has 1 unspecified atom stereocenters. The third-order valence-electron chi connectivity index (χ3n) is 7.05. The summed E-state index contributed by atoms with van der Waals surface area (Å²) in [5.41, 5.74) is 5.23. The van der Waals surface area contributed by atoms with Crippen LogP contribution in [0.5, 0.6) is 0 Å². The molecular formula is C33H32N4O2S2. The quantitative estimate of drug-likeness (QED) is 0.204. The molecule has 2 N–H and O–H groups in total. The first-order valence-electron chi connectivity index (χ1n) is 13.7. The number of rotatable bonds is 9. The molecule has 0 saturated heterocycles. The topological polar surface area (TPSA) is 85.2 Å². The molecular weight excluding hydrogens is 549 g/mol. The Bertz CT molecular complexity index is 1590. The van der Waals surface area contributed by atoms with Gasteiger partial charge in [-0.25, -0.2) is 0 Å². The SMILES string of the molecule is CCC(Sc1cccc(NC(=O)c2cccc(C)c2)c1)C(=O)Nc1sc2c(c1C#N)CCN(Cc1ccccc1)C2. The van der Waals surface area contributed by atoms with Gasteiger partial charge in [0, 0.05) is 40.7 Å². The van der Waals surface area contributed by atoms with Crippen LogP contribution >= 0.6 is 23.1 Å². The van der Waals surface area contributed by atoms with E-state index in [0.717, 1.165) is 47.0 Å². The maximum atomic E-state index is 13.4. The molecule has 6 nitrogen and oxygen atoms in total. The zero-order valence-corrected chi connectivity index (χ0v) is 24.8. The van der Waals surface area contributed by atoms with E-state index in [1.807, 2.05) is 62.4 Å². The summed E-state index contributed by atoms with van der Waals surface area (Å²) in [6.45, 7) is 6.44. The maximum absolute atomic E-state index is 13.4. The smallest absolute Gasteiger partial charge is 0.255 e. The van der Waals surface area contributed by atoms with E-state index in [-0.39, 0.29) is 17.1 Å². The van der Waals surface area contributed by atoms with Gasteiger partial charge >= 0.3 is 0 Å². The molecule has 208 valence electrons. The normalized spacial score (nSPS) is 13.6. The fourth-order valence-corrected chi connectivity index (χ4v) is 7.21. The molecule has 8 heteroatoms. The molecule has 0 aliphatic carbocycles. The number of anilines is 2. The summed E-state index contributed by atoms with van der Waals surface area (Å²) in [5, 5.41) is 16.3. The average molecular weight is 581 g/mol. The summed E-state index contributed by atoms with van der Waals surface area (Å²) in [6.07, 6.45) is 1.42. The Labute approximate surface area is 249 Å². The molecule has 1 aliphatic heterocycles. The number of thiophene rings is 1. The van der Waals surface area contributed by atoms with E-state index in [9.17, 15) is 14.9 Å². The highest BCUT2D eigenvalue weighted by Gasteiger charge is 2.27. The Balaban J connectivity index is 1.24. The number of benzene rings is 3. The second kappa shape index (κ2) is 13.2. The van der Waals surface area contributed by atoms with Crippen LogP contribution in [-0.4, -0.2) is 28.5 Å². The number of nitrogens with one attached hydrogen (secondary N) is 2. The van der Waals surface area contributed by atoms with Gasteiger partial charge in [0.15, 0.2) is 0 Å². The van der Waals surface area contributed by atoms with Crippen LogP contribution in [0.2, 0.25) is 0 Å². The summed E-state index contributed by atoms with van der Waals surface area (Å²) in [5.74, 6) is -0.295. The Morgan fingerprint density at radius 1 is 1.05 bits per heavy atom. The van der Waals surface area contributed by atoms with Crippen molar-refractivity contribution in [1.29, 1.82) is 5.26 Å². The van der Waals surface area contributed by atoms with Crippen molar-refractivity contribution in [3.05, 3.63) is 112 Å². The Kier molecular flexibility index (Phi) is 9.20. The van der Waals surface area contributed by atoms with Crippen LogP contribution < -0.4 is 10.6 Å². The van der Waals surface area contributed by atoms with E-state index >= 15 is 0 Å². The van der Waals surface area contributed by atoms with Crippen molar-refractivity contribution in [2.45, 2.75) is 49.9 Å². The largest absolute Gasteiger partial charge is 0.322 e. The molecule has 1 aliphatic rings. The van der Waals surface area contributed by atoms with Crippen LogP contribution in [-0.2, 0) is 24.3 Å². The minimum Gasteiger partial charge on any atom is -0.322 e. The van der Waals surface area contributed by atoms with E-state index in [0.29, 0.717) is 28.2 Å². The van der Waals surface area contributed by atoms with Gasteiger partial charge in [-0.2, -0.15) is 5.26 Å². The van der Waals surface area contributed by atoms with Gasteiger partial charge in [-0.3, -0.25) is 14.5 Å². The molecule has 0 radical (unpaired) electrons. The number of thioether (sulfide) groups is 1. The van der Waals surface area contributed by atoms with Gasteiger partial charge in [0.25, 0.3) is 5.91 Å². The number of carbonyl (C=O) groups excluding carboxylic acids is 2. The van der Waals surface area contributed by atoms with Gasteiger partial charge in [0.2, 0.25) is 5.91 Å². The summed E-state index contributed by atoms with van der Waals surface area (Å²) < 4.78 is 0. The molecule has 4 aromatic rings. The van der Waals surface area contributed by atoms with Crippen molar-refractivity contribution in [2.24, 2.45) is 0 Å². The molecule has 1 aromatic heterocycles. The van der Waals surface area contributed by atoms with Crippen molar-refractivity contribution in [3.63, 3.8) is 0 Å². The number of nitrogens with zero attached hydrogens (tertiary/aromatic N) is 2. The van der Waals surface area contributed by atoms with Crippen LogP contribution in [0.1, 0.15) is 50.8 Å². The minimum atomic E-state index is -0.349. The number of nitriles is 1. The predicted molar refractivity (Wildman–Crippen MR) is 167 cm³/mol. The summed E-state index contributed by atoms with van der Waals surface area (Å²) in [4.78, 5) is 30.5. The van der Waals surface area contributed by atoms with Crippen molar-refractivity contribution in [1.82, 2.24) is 4.90 Å². The number of aryl methyl sites for hydroxylation is 1. The average Bonchev–Trinajstić information content (AvgIpc) is 3.32. The molecule has 2 heterocycles. The number of hydrogen-bond donors (Lipinski definition) is 2. The molecule has 2 amide bonds. The molecule has 0 spiro atoms. The van der Waals surface area contributed by atoms with Crippen LogP contribution in [0.15, 0.2) is 83.8 Å².